The van der Waals surface area contributed by atoms with Crippen molar-refractivity contribution in [2.24, 2.45) is 17.8 Å². The molecule has 1 aromatic rings. The first-order chi connectivity index (χ1) is 9.28. The Morgan fingerprint density at radius 2 is 2.05 bits per heavy atom. The standard InChI is InChI=1S/C15H20ClN3/c16-13-7-14(19-15(18-13)10-3-4-10)17-8-12-6-9-1-2-11(12)5-9/h7,9-12H,1-6,8H2,(H,17,18,19). The van der Waals surface area contributed by atoms with Gasteiger partial charge in [0, 0.05) is 18.5 Å². The van der Waals surface area contributed by atoms with Crippen LogP contribution in [0.5, 0.6) is 0 Å². The van der Waals surface area contributed by atoms with Gasteiger partial charge in [0.05, 0.1) is 0 Å². The Morgan fingerprint density at radius 1 is 1.16 bits per heavy atom. The Hall–Kier alpha value is -0.830. The number of nitrogens with one attached hydrogen (secondary N) is 1. The molecule has 3 aliphatic carbocycles. The number of hydrogen-bond donors (Lipinski definition) is 1. The molecule has 0 saturated heterocycles. The fourth-order valence-corrected chi connectivity index (χ4v) is 4.10. The van der Waals surface area contributed by atoms with Gasteiger partial charge >= 0.3 is 0 Å². The maximum atomic E-state index is 6.09. The fourth-order valence-electron chi connectivity index (χ4n) is 3.91. The number of fused-ring (bicyclic) bond motifs is 2. The average Bonchev–Trinajstić information content (AvgIpc) is 3.05. The molecule has 4 rings (SSSR count). The molecule has 0 aromatic carbocycles. The van der Waals surface area contributed by atoms with Crippen LogP contribution in [-0.2, 0) is 0 Å². The fraction of sp³-hybridized carbons (Fsp3) is 0.733. The van der Waals surface area contributed by atoms with Crippen molar-refractivity contribution in [2.75, 3.05) is 11.9 Å². The van der Waals surface area contributed by atoms with Crippen LogP contribution in [0.4, 0.5) is 5.82 Å². The topological polar surface area (TPSA) is 37.8 Å². The van der Waals surface area contributed by atoms with E-state index in [1.54, 1.807) is 0 Å². The van der Waals surface area contributed by atoms with E-state index in [9.17, 15) is 0 Å². The predicted molar refractivity (Wildman–Crippen MR) is 76.4 cm³/mol. The summed E-state index contributed by atoms with van der Waals surface area (Å²) >= 11 is 6.09. The molecule has 0 aliphatic heterocycles. The largest absolute Gasteiger partial charge is 0.370 e. The third kappa shape index (κ3) is 2.45. The van der Waals surface area contributed by atoms with E-state index >= 15 is 0 Å². The monoisotopic (exact) mass is 277 g/mol. The van der Waals surface area contributed by atoms with Crippen molar-refractivity contribution in [3.8, 4) is 0 Å². The van der Waals surface area contributed by atoms with Crippen molar-refractivity contribution in [1.29, 1.82) is 0 Å². The normalized spacial score (nSPS) is 32.8. The molecule has 1 aromatic heterocycles. The van der Waals surface area contributed by atoms with Crippen LogP contribution in [0.3, 0.4) is 0 Å². The van der Waals surface area contributed by atoms with Gasteiger partial charge in [-0.25, -0.2) is 9.97 Å². The Balaban J connectivity index is 1.42. The second kappa shape index (κ2) is 4.62. The van der Waals surface area contributed by atoms with Gasteiger partial charge in [-0.2, -0.15) is 0 Å². The highest BCUT2D eigenvalue weighted by Crippen LogP contribution is 2.48. The van der Waals surface area contributed by atoms with E-state index in [4.69, 9.17) is 11.6 Å². The van der Waals surface area contributed by atoms with E-state index in [0.29, 0.717) is 11.1 Å². The molecule has 1 heterocycles. The number of hydrogen-bond acceptors (Lipinski definition) is 3. The molecule has 4 heteroatoms. The Morgan fingerprint density at radius 3 is 2.74 bits per heavy atom. The van der Waals surface area contributed by atoms with Crippen LogP contribution < -0.4 is 5.32 Å². The number of rotatable bonds is 4. The van der Waals surface area contributed by atoms with Crippen LogP contribution in [0.1, 0.15) is 50.3 Å². The molecule has 3 atom stereocenters. The highest BCUT2D eigenvalue weighted by Gasteiger charge is 2.39. The average molecular weight is 278 g/mol. The summed E-state index contributed by atoms with van der Waals surface area (Å²) in [4.78, 5) is 8.94. The van der Waals surface area contributed by atoms with E-state index < -0.39 is 0 Å². The second-order valence-electron chi connectivity index (χ2n) is 6.52. The van der Waals surface area contributed by atoms with Gasteiger partial charge in [-0.1, -0.05) is 18.0 Å². The molecule has 3 unspecified atom stereocenters. The van der Waals surface area contributed by atoms with Crippen LogP contribution in [0.2, 0.25) is 5.15 Å². The molecule has 3 fully saturated rings. The predicted octanol–water partition coefficient (Wildman–Crippen LogP) is 3.86. The maximum absolute atomic E-state index is 6.09. The second-order valence-corrected chi connectivity index (χ2v) is 6.91. The molecule has 0 spiro atoms. The Bertz CT molecular complexity index is 486. The van der Waals surface area contributed by atoms with Crippen molar-refractivity contribution in [1.82, 2.24) is 9.97 Å². The van der Waals surface area contributed by atoms with Crippen LogP contribution >= 0.6 is 11.6 Å². The highest BCUT2D eigenvalue weighted by atomic mass is 35.5. The molecule has 19 heavy (non-hydrogen) atoms. The van der Waals surface area contributed by atoms with Crippen molar-refractivity contribution in [2.45, 2.75) is 44.4 Å². The lowest BCUT2D eigenvalue weighted by atomic mass is 9.89. The van der Waals surface area contributed by atoms with Gasteiger partial charge in [-0.3, -0.25) is 0 Å². The summed E-state index contributed by atoms with van der Waals surface area (Å²) in [6.45, 7) is 1.05. The summed E-state index contributed by atoms with van der Waals surface area (Å²) in [6, 6.07) is 1.86. The van der Waals surface area contributed by atoms with Crippen LogP contribution in [0.25, 0.3) is 0 Å². The van der Waals surface area contributed by atoms with E-state index in [1.807, 2.05) is 6.07 Å². The molecule has 3 saturated carbocycles. The zero-order valence-corrected chi connectivity index (χ0v) is 11.9. The minimum Gasteiger partial charge on any atom is -0.370 e. The summed E-state index contributed by atoms with van der Waals surface area (Å²) in [5.41, 5.74) is 0. The number of nitrogens with zero attached hydrogens (tertiary/aromatic N) is 2. The molecule has 3 nitrogen and oxygen atoms in total. The van der Waals surface area contributed by atoms with Crippen LogP contribution in [0.15, 0.2) is 6.07 Å². The van der Waals surface area contributed by atoms with Crippen molar-refractivity contribution >= 4 is 17.4 Å². The maximum Gasteiger partial charge on any atom is 0.135 e. The molecular formula is C15H20ClN3. The van der Waals surface area contributed by atoms with Crippen molar-refractivity contribution < 1.29 is 0 Å². The highest BCUT2D eigenvalue weighted by molar-refractivity contribution is 6.29. The van der Waals surface area contributed by atoms with Gasteiger partial charge in [-0.05, 0) is 49.9 Å². The SMILES string of the molecule is Clc1cc(NCC2CC3CCC2C3)nc(C2CC2)n1. The summed E-state index contributed by atoms with van der Waals surface area (Å²) < 4.78 is 0. The zero-order valence-electron chi connectivity index (χ0n) is 11.1. The van der Waals surface area contributed by atoms with E-state index in [1.165, 1.54) is 38.5 Å². The smallest absolute Gasteiger partial charge is 0.135 e. The minimum absolute atomic E-state index is 0.557. The summed E-state index contributed by atoms with van der Waals surface area (Å²) in [5, 5.41) is 4.08. The van der Waals surface area contributed by atoms with Gasteiger partial charge in [0.25, 0.3) is 0 Å². The first kappa shape index (κ1) is 12.0. The molecule has 1 N–H and O–H groups in total. The Kier molecular flexibility index (Phi) is 2.91. The molecule has 2 bridgehead atoms. The third-order valence-corrected chi connectivity index (χ3v) is 5.28. The molecule has 0 radical (unpaired) electrons. The minimum atomic E-state index is 0.557. The Labute approximate surface area is 119 Å². The third-order valence-electron chi connectivity index (χ3n) is 5.08. The lowest BCUT2D eigenvalue weighted by Gasteiger charge is -2.22. The van der Waals surface area contributed by atoms with E-state index in [-0.39, 0.29) is 0 Å². The van der Waals surface area contributed by atoms with Crippen molar-refractivity contribution in [3.63, 3.8) is 0 Å². The zero-order chi connectivity index (χ0) is 12.8. The van der Waals surface area contributed by atoms with Gasteiger partial charge in [0.1, 0.15) is 16.8 Å². The number of anilines is 1. The van der Waals surface area contributed by atoms with E-state index in [0.717, 1.165) is 35.9 Å². The number of halogens is 1. The summed E-state index contributed by atoms with van der Waals surface area (Å²) in [5.74, 6) is 5.22. The molecule has 102 valence electrons. The number of aromatic nitrogens is 2. The van der Waals surface area contributed by atoms with Crippen molar-refractivity contribution in [3.05, 3.63) is 17.0 Å². The summed E-state index contributed by atoms with van der Waals surface area (Å²) in [6.07, 6.45) is 8.20. The lowest BCUT2D eigenvalue weighted by Crippen LogP contribution is -2.20. The van der Waals surface area contributed by atoms with Gasteiger partial charge < -0.3 is 5.32 Å². The van der Waals surface area contributed by atoms with Gasteiger partial charge in [-0.15, -0.1) is 0 Å². The summed E-state index contributed by atoms with van der Waals surface area (Å²) in [7, 11) is 0. The van der Waals surface area contributed by atoms with E-state index in [2.05, 4.69) is 15.3 Å². The molecular weight excluding hydrogens is 258 g/mol. The first-order valence-electron chi connectivity index (χ1n) is 7.56. The van der Waals surface area contributed by atoms with Crippen LogP contribution in [-0.4, -0.2) is 16.5 Å². The lowest BCUT2D eigenvalue weighted by molar-refractivity contribution is 0.348. The molecule has 3 aliphatic rings. The van der Waals surface area contributed by atoms with Gasteiger partial charge in [0.2, 0.25) is 0 Å². The van der Waals surface area contributed by atoms with Gasteiger partial charge in [0.15, 0.2) is 0 Å². The first-order valence-corrected chi connectivity index (χ1v) is 7.94. The quantitative estimate of drug-likeness (QED) is 0.850. The molecule has 0 amide bonds. The van der Waals surface area contributed by atoms with Crippen LogP contribution in [0, 0.1) is 17.8 Å².